The number of imidazole rings is 1. The van der Waals surface area contributed by atoms with Crippen molar-refractivity contribution in [3.63, 3.8) is 0 Å². The molecule has 0 saturated carbocycles. The van der Waals surface area contributed by atoms with E-state index in [9.17, 15) is 10.1 Å². The number of hydrogen-bond donors (Lipinski definition) is 0. The summed E-state index contributed by atoms with van der Waals surface area (Å²) in [6.45, 7) is 3.36. The molecule has 0 fully saturated rings. The number of non-ortho nitro benzene ring substituents is 1. The van der Waals surface area contributed by atoms with Crippen LogP contribution in [0.4, 0.5) is 5.69 Å². The molecule has 3 rings (SSSR count). The van der Waals surface area contributed by atoms with Gasteiger partial charge in [-0.1, -0.05) is 13.3 Å². The number of unbranched alkanes of at least 4 members (excludes halogenated alkanes) is 1. The first-order valence-corrected chi connectivity index (χ1v) is 7.01. The molecule has 8 nitrogen and oxygen atoms in total. The standard InChI is InChI=1S/C8H15N2.C6H3N4O2/c1-3-4-5-10-7-6-9(2)8-10;11-10(12)4-1-2-5-6(3-4)8-9-7-5/h6-8H,3-5H2,1-2H3;1-3H/q+1;-1. The Hall–Kier alpha value is -2.77. The highest BCUT2D eigenvalue weighted by molar-refractivity contribution is 5.76. The van der Waals surface area contributed by atoms with E-state index in [-0.39, 0.29) is 5.69 Å². The SMILES string of the molecule is CCCCn1cc[n+](C)c1.O=[N+]([O-])c1ccc2n[n-]nc2c1. The number of aromatic nitrogens is 5. The van der Waals surface area contributed by atoms with E-state index in [0.717, 1.165) is 6.54 Å². The van der Waals surface area contributed by atoms with Crippen molar-refractivity contribution in [2.75, 3.05) is 0 Å². The van der Waals surface area contributed by atoms with Crippen LogP contribution < -0.4 is 9.78 Å². The molecule has 0 atom stereocenters. The molecule has 0 amide bonds. The van der Waals surface area contributed by atoms with Crippen molar-refractivity contribution in [2.45, 2.75) is 26.3 Å². The molecule has 2 aromatic heterocycles. The van der Waals surface area contributed by atoms with Crippen LogP contribution in [-0.2, 0) is 13.6 Å². The monoisotopic (exact) mass is 302 g/mol. The lowest BCUT2D eigenvalue weighted by atomic mass is 10.3. The topological polar surface area (TPSA) is 91.8 Å². The molecule has 2 heterocycles. The number of nitro benzene ring substituents is 1. The normalized spacial score (nSPS) is 10.3. The fraction of sp³-hybridized carbons (Fsp3) is 0.357. The molecule has 0 spiro atoms. The van der Waals surface area contributed by atoms with Gasteiger partial charge >= 0.3 is 0 Å². The van der Waals surface area contributed by atoms with E-state index in [0.29, 0.717) is 11.0 Å². The highest BCUT2D eigenvalue weighted by Gasteiger charge is 2.04. The van der Waals surface area contributed by atoms with Crippen LogP contribution in [0.1, 0.15) is 19.8 Å². The van der Waals surface area contributed by atoms with Crippen molar-refractivity contribution < 1.29 is 9.49 Å². The predicted molar refractivity (Wildman–Crippen MR) is 80.0 cm³/mol. The van der Waals surface area contributed by atoms with E-state index < -0.39 is 4.92 Å². The summed E-state index contributed by atoms with van der Waals surface area (Å²) >= 11 is 0. The minimum absolute atomic E-state index is 0.00444. The van der Waals surface area contributed by atoms with Crippen molar-refractivity contribution in [1.82, 2.24) is 20.0 Å². The van der Waals surface area contributed by atoms with Crippen LogP contribution in [0, 0.1) is 10.1 Å². The average Bonchev–Trinajstić information content (AvgIpc) is 3.13. The van der Waals surface area contributed by atoms with Crippen molar-refractivity contribution in [3.8, 4) is 0 Å². The highest BCUT2D eigenvalue weighted by atomic mass is 16.6. The lowest BCUT2D eigenvalue weighted by Gasteiger charge is -1.90. The zero-order valence-electron chi connectivity index (χ0n) is 12.6. The number of benzene rings is 1. The Labute approximate surface area is 127 Å². The van der Waals surface area contributed by atoms with Gasteiger partial charge in [0.1, 0.15) is 12.4 Å². The van der Waals surface area contributed by atoms with Gasteiger partial charge in [0.25, 0.3) is 5.69 Å². The van der Waals surface area contributed by atoms with E-state index in [2.05, 4.69) is 50.2 Å². The number of fused-ring (bicyclic) bond motifs is 1. The van der Waals surface area contributed by atoms with Gasteiger partial charge in [-0.25, -0.2) is 9.13 Å². The number of nitrogens with zero attached hydrogens (tertiary/aromatic N) is 6. The molecule has 8 heteroatoms. The van der Waals surface area contributed by atoms with Crippen molar-refractivity contribution >= 4 is 16.7 Å². The van der Waals surface area contributed by atoms with E-state index >= 15 is 0 Å². The molecule has 0 bridgehead atoms. The van der Waals surface area contributed by atoms with E-state index in [4.69, 9.17) is 0 Å². The summed E-state index contributed by atoms with van der Waals surface area (Å²) in [7, 11) is 2.04. The van der Waals surface area contributed by atoms with Gasteiger partial charge in [-0.15, -0.1) is 0 Å². The third-order valence-corrected chi connectivity index (χ3v) is 3.07. The lowest BCUT2D eigenvalue weighted by Crippen LogP contribution is -2.23. The minimum Gasteiger partial charge on any atom is -0.492 e. The highest BCUT2D eigenvalue weighted by Crippen LogP contribution is 2.15. The molecule has 0 aliphatic carbocycles. The van der Waals surface area contributed by atoms with Crippen LogP contribution in [0.3, 0.4) is 0 Å². The quantitative estimate of drug-likeness (QED) is 0.415. The summed E-state index contributed by atoms with van der Waals surface area (Å²) in [6, 6.07) is 4.24. The fourth-order valence-corrected chi connectivity index (χ4v) is 1.88. The largest absolute Gasteiger partial charge is 0.492 e. The Morgan fingerprint density at radius 3 is 2.77 bits per heavy atom. The van der Waals surface area contributed by atoms with Gasteiger partial charge in [-0.3, -0.25) is 10.1 Å². The molecule has 0 saturated heterocycles. The number of nitro groups is 1. The maximum Gasteiger partial charge on any atom is 0.271 e. The third kappa shape index (κ3) is 4.11. The smallest absolute Gasteiger partial charge is 0.271 e. The van der Waals surface area contributed by atoms with Crippen LogP contribution in [0.5, 0.6) is 0 Å². The summed E-state index contributed by atoms with van der Waals surface area (Å²) in [5, 5.41) is 20.9. The maximum atomic E-state index is 10.3. The van der Waals surface area contributed by atoms with Crippen LogP contribution >= 0.6 is 0 Å². The van der Waals surface area contributed by atoms with Crippen LogP contribution in [0.15, 0.2) is 36.9 Å². The van der Waals surface area contributed by atoms with Crippen molar-refractivity contribution in [2.24, 2.45) is 7.05 Å². The second-order valence-electron chi connectivity index (χ2n) is 4.89. The number of rotatable bonds is 4. The fourth-order valence-electron chi connectivity index (χ4n) is 1.88. The molecule has 0 aliphatic rings. The molecule has 22 heavy (non-hydrogen) atoms. The second kappa shape index (κ2) is 7.30. The first-order chi connectivity index (χ1) is 10.6. The van der Waals surface area contributed by atoms with Crippen LogP contribution in [0.25, 0.3) is 11.0 Å². The molecule has 1 aromatic carbocycles. The zero-order valence-corrected chi connectivity index (χ0v) is 12.6. The second-order valence-corrected chi connectivity index (χ2v) is 4.89. The molecule has 0 unspecified atom stereocenters. The van der Waals surface area contributed by atoms with E-state index in [1.165, 1.54) is 31.0 Å². The van der Waals surface area contributed by atoms with Crippen molar-refractivity contribution in [1.29, 1.82) is 0 Å². The van der Waals surface area contributed by atoms with E-state index in [1.807, 2.05) is 7.05 Å². The molecule has 116 valence electrons. The number of hydrogen-bond acceptors (Lipinski definition) is 4. The third-order valence-electron chi connectivity index (χ3n) is 3.07. The maximum absolute atomic E-state index is 10.3. The van der Waals surface area contributed by atoms with Gasteiger partial charge in [-0.2, -0.15) is 0 Å². The average molecular weight is 302 g/mol. The Morgan fingerprint density at radius 2 is 2.14 bits per heavy atom. The Balaban J connectivity index is 0.000000164. The Morgan fingerprint density at radius 1 is 1.36 bits per heavy atom. The first-order valence-electron chi connectivity index (χ1n) is 7.01. The number of aryl methyl sites for hydroxylation is 2. The summed E-state index contributed by atoms with van der Waals surface area (Å²) < 4.78 is 4.28. The van der Waals surface area contributed by atoms with Gasteiger partial charge in [-0.05, 0) is 12.5 Å². The predicted octanol–water partition coefficient (Wildman–Crippen LogP) is 1.61. The zero-order chi connectivity index (χ0) is 15.9. The Bertz CT molecular complexity index is 748. The van der Waals surface area contributed by atoms with Gasteiger partial charge < -0.3 is 15.4 Å². The van der Waals surface area contributed by atoms with Gasteiger partial charge in [0.15, 0.2) is 0 Å². The van der Waals surface area contributed by atoms with E-state index in [1.54, 1.807) is 0 Å². The molecule has 3 aromatic rings. The molecular formula is C14H18N6O2. The molecule has 0 radical (unpaired) electrons. The first kappa shape index (κ1) is 15.6. The Kier molecular flexibility index (Phi) is 5.18. The molecule has 0 aliphatic heterocycles. The molecular weight excluding hydrogens is 284 g/mol. The van der Waals surface area contributed by atoms with Crippen LogP contribution in [0.2, 0.25) is 0 Å². The summed E-state index contributed by atoms with van der Waals surface area (Å²) in [4.78, 5) is 9.83. The summed E-state index contributed by atoms with van der Waals surface area (Å²) in [6.07, 6.45) is 8.82. The van der Waals surface area contributed by atoms with Crippen molar-refractivity contribution in [3.05, 3.63) is 47.0 Å². The van der Waals surface area contributed by atoms with Gasteiger partial charge in [0.2, 0.25) is 6.33 Å². The lowest BCUT2D eigenvalue weighted by molar-refractivity contribution is -0.671. The van der Waals surface area contributed by atoms with Crippen LogP contribution in [-0.4, -0.2) is 19.7 Å². The minimum atomic E-state index is -0.478. The molecule has 0 N–H and O–H groups in total. The van der Waals surface area contributed by atoms with Gasteiger partial charge in [0.05, 0.1) is 29.5 Å². The summed E-state index contributed by atoms with van der Waals surface area (Å²) in [5.41, 5.74) is 1.02. The summed E-state index contributed by atoms with van der Waals surface area (Å²) in [5.74, 6) is 0. The van der Waals surface area contributed by atoms with Gasteiger partial charge in [0, 0.05) is 12.1 Å².